The number of aliphatic hydroxyl groups excluding tert-OH is 1. The molecule has 20 heavy (non-hydrogen) atoms. The van der Waals surface area contributed by atoms with Crippen LogP contribution in [0.5, 0.6) is 0 Å². The van der Waals surface area contributed by atoms with Crippen LogP contribution in [0, 0.1) is 11.7 Å². The van der Waals surface area contributed by atoms with Gasteiger partial charge in [0.05, 0.1) is 0 Å². The Morgan fingerprint density at radius 3 is 3.00 bits per heavy atom. The molecule has 1 aliphatic carbocycles. The van der Waals surface area contributed by atoms with Gasteiger partial charge in [-0.05, 0) is 25.0 Å². The maximum absolute atomic E-state index is 13.1. The number of benzene rings is 1. The average Bonchev–Trinajstić information content (AvgIpc) is 2.68. The standard InChI is InChI=1S/C15H19FN2O2/c16-11-6-7-14-13(8-11)18-15(20-14)17-12-5-3-1-2-4-10(12)9-19/h6-8,10,12,19H,1-5,9H2,(H,17,18)/t10-,12-/m1/s1. The molecule has 108 valence electrons. The minimum Gasteiger partial charge on any atom is -0.424 e. The molecule has 2 atom stereocenters. The Labute approximate surface area is 117 Å². The minimum absolute atomic E-state index is 0.167. The molecular weight excluding hydrogens is 259 g/mol. The summed E-state index contributed by atoms with van der Waals surface area (Å²) in [4.78, 5) is 4.27. The highest BCUT2D eigenvalue weighted by Crippen LogP contribution is 2.27. The van der Waals surface area contributed by atoms with Crippen LogP contribution in [0.2, 0.25) is 0 Å². The first-order chi connectivity index (χ1) is 9.76. The summed E-state index contributed by atoms with van der Waals surface area (Å²) in [7, 11) is 0. The second kappa shape index (κ2) is 5.79. The summed E-state index contributed by atoms with van der Waals surface area (Å²) in [6.07, 6.45) is 5.51. The monoisotopic (exact) mass is 278 g/mol. The lowest BCUT2D eigenvalue weighted by Crippen LogP contribution is -2.30. The Bertz CT molecular complexity index is 584. The highest BCUT2D eigenvalue weighted by molar-refractivity contribution is 5.74. The van der Waals surface area contributed by atoms with Crippen molar-refractivity contribution in [1.82, 2.24) is 4.98 Å². The van der Waals surface area contributed by atoms with Gasteiger partial charge in [0.25, 0.3) is 6.01 Å². The van der Waals surface area contributed by atoms with Gasteiger partial charge in [-0.25, -0.2) is 4.39 Å². The van der Waals surface area contributed by atoms with Crippen molar-refractivity contribution in [1.29, 1.82) is 0 Å². The average molecular weight is 278 g/mol. The number of nitrogens with one attached hydrogen (secondary N) is 1. The summed E-state index contributed by atoms with van der Waals surface area (Å²) < 4.78 is 18.7. The van der Waals surface area contributed by atoms with E-state index in [0.29, 0.717) is 17.1 Å². The second-order valence-corrected chi connectivity index (χ2v) is 5.46. The van der Waals surface area contributed by atoms with Gasteiger partial charge in [0.1, 0.15) is 11.3 Å². The van der Waals surface area contributed by atoms with Gasteiger partial charge in [0.15, 0.2) is 5.58 Å². The fourth-order valence-electron chi connectivity index (χ4n) is 2.91. The number of rotatable bonds is 3. The molecule has 0 radical (unpaired) electrons. The number of fused-ring (bicyclic) bond motifs is 1. The molecule has 0 spiro atoms. The summed E-state index contributed by atoms with van der Waals surface area (Å²) in [5.74, 6) is -0.0932. The topological polar surface area (TPSA) is 58.3 Å². The van der Waals surface area contributed by atoms with E-state index in [4.69, 9.17) is 4.42 Å². The number of hydrogen-bond donors (Lipinski definition) is 2. The lowest BCUT2D eigenvalue weighted by Gasteiger charge is -2.23. The first-order valence-corrected chi connectivity index (χ1v) is 7.20. The van der Waals surface area contributed by atoms with E-state index in [9.17, 15) is 9.50 Å². The predicted octanol–water partition coefficient (Wildman–Crippen LogP) is 3.32. The maximum Gasteiger partial charge on any atom is 0.295 e. The molecule has 1 aliphatic rings. The predicted molar refractivity (Wildman–Crippen MR) is 75.0 cm³/mol. The van der Waals surface area contributed by atoms with E-state index in [0.717, 1.165) is 25.7 Å². The van der Waals surface area contributed by atoms with Crippen molar-refractivity contribution in [2.75, 3.05) is 11.9 Å². The van der Waals surface area contributed by atoms with Gasteiger partial charge >= 0.3 is 0 Å². The van der Waals surface area contributed by atoms with Crippen LogP contribution in [-0.2, 0) is 0 Å². The molecule has 3 rings (SSSR count). The molecule has 0 aliphatic heterocycles. The zero-order valence-corrected chi connectivity index (χ0v) is 11.3. The van der Waals surface area contributed by atoms with Crippen molar-refractivity contribution in [3.8, 4) is 0 Å². The van der Waals surface area contributed by atoms with Crippen LogP contribution in [0.25, 0.3) is 11.1 Å². The number of hydrogen-bond acceptors (Lipinski definition) is 4. The summed E-state index contributed by atoms with van der Waals surface area (Å²) in [6, 6.07) is 4.89. The zero-order chi connectivity index (χ0) is 13.9. The van der Waals surface area contributed by atoms with E-state index in [1.165, 1.54) is 18.6 Å². The third kappa shape index (κ3) is 2.77. The van der Waals surface area contributed by atoms with Crippen LogP contribution in [-0.4, -0.2) is 22.7 Å². The molecule has 1 aromatic carbocycles. The second-order valence-electron chi connectivity index (χ2n) is 5.46. The van der Waals surface area contributed by atoms with E-state index >= 15 is 0 Å². The molecule has 0 unspecified atom stereocenters. The van der Waals surface area contributed by atoms with E-state index < -0.39 is 0 Å². The highest BCUT2D eigenvalue weighted by atomic mass is 19.1. The lowest BCUT2D eigenvalue weighted by molar-refractivity contribution is 0.202. The Kier molecular flexibility index (Phi) is 3.87. The largest absolute Gasteiger partial charge is 0.424 e. The van der Waals surface area contributed by atoms with Crippen LogP contribution in [0.15, 0.2) is 22.6 Å². The Hall–Kier alpha value is -1.62. The van der Waals surface area contributed by atoms with Gasteiger partial charge in [-0.1, -0.05) is 19.3 Å². The van der Waals surface area contributed by atoms with Crippen molar-refractivity contribution in [2.24, 2.45) is 5.92 Å². The summed E-state index contributed by atoms with van der Waals surface area (Å²) in [5.41, 5.74) is 1.09. The maximum atomic E-state index is 13.1. The van der Waals surface area contributed by atoms with Crippen LogP contribution < -0.4 is 5.32 Å². The molecule has 1 aromatic heterocycles. The molecule has 4 nitrogen and oxygen atoms in total. The normalized spacial score (nSPS) is 23.7. The van der Waals surface area contributed by atoms with Crippen molar-refractivity contribution < 1.29 is 13.9 Å². The molecule has 1 saturated carbocycles. The molecule has 0 saturated heterocycles. The lowest BCUT2D eigenvalue weighted by atomic mass is 9.96. The Morgan fingerprint density at radius 1 is 1.30 bits per heavy atom. The first-order valence-electron chi connectivity index (χ1n) is 7.20. The highest BCUT2D eigenvalue weighted by Gasteiger charge is 2.24. The third-order valence-electron chi connectivity index (χ3n) is 4.05. The number of aromatic nitrogens is 1. The molecule has 0 bridgehead atoms. The molecule has 1 heterocycles. The van der Waals surface area contributed by atoms with Crippen LogP contribution in [0.3, 0.4) is 0 Å². The zero-order valence-electron chi connectivity index (χ0n) is 11.3. The Balaban J connectivity index is 1.80. The third-order valence-corrected chi connectivity index (χ3v) is 4.05. The molecule has 2 aromatic rings. The van der Waals surface area contributed by atoms with Gasteiger partial charge in [-0.3, -0.25) is 0 Å². The van der Waals surface area contributed by atoms with Gasteiger partial charge in [-0.2, -0.15) is 4.98 Å². The number of halogens is 1. The number of nitrogens with zero attached hydrogens (tertiary/aromatic N) is 1. The van der Waals surface area contributed by atoms with Gasteiger partial charge in [-0.15, -0.1) is 0 Å². The van der Waals surface area contributed by atoms with Crippen molar-refractivity contribution in [2.45, 2.75) is 38.1 Å². The fourth-order valence-corrected chi connectivity index (χ4v) is 2.91. The molecule has 2 N–H and O–H groups in total. The van der Waals surface area contributed by atoms with Crippen molar-refractivity contribution in [3.05, 3.63) is 24.0 Å². The summed E-state index contributed by atoms with van der Waals surface area (Å²) >= 11 is 0. The van der Waals surface area contributed by atoms with E-state index in [1.807, 2.05) is 0 Å². The van der Waals surface area contributed by atoms with Crippen molar-refractivity contribution in [3.63, 3.8) is 0 Å². The molecule has 5 heteroatoms. The fraction of sp³-hybridized carbons (Fsp3) is 0.533. The minimum atomic E-state index is -0.319. The number of anilines is 1. The number of oxazole rings is 1. The van der Waals surface area contributed by atoms with Crippen LogP contribution >= 0.6 is 0 Å². The van der Waals surface area contributed by atoms with E-state index in [-0.39, 0.29) is 24.4 Å². The smallest absolute Gasteiger partial charge is 0.295 e. The summed E-state index contributed by atoms with van der Waals surface area (Å²) in [6.45, 7) is 0.173. The van der Waals surface area contributed by atoms with Gasteiger partial charge < -0.3 is 14.8 Å². The van der Waals surface area contributed by atoms with Crippen LogP contribution in [0.4, 0.5) is 10.4 Å². The van der Waals surface area contributed by atoms with Gasteiger partial charge in [0, 0.05) is 24.6 Å². The first kappa shape index (κ1) is 13.4. The quantitative estimate of drug-likeness (QED) is 0.846. The van der Waals surface area contributed by atoms with Crippen molar-refractivity contribution >= 4 is 17.1 Å². The SMILES string of the molecule is OC[C@H]1CCCCC[C@H]1Nc1nc2cc(F)ccc2o1. The molecular formula is C15H19FN2O2. The van der Waals surface area contributed by atoms with Crippen LogP contribution in [0.1, 0.15) is 32.1 Å². The molecule has 0 amide bonds. The van der Waals surface area contributed by atoms with E-state index in [2.05, 4.69) is 10.3 Å². The van der Waals surface area contributed by atoms with Gasteiger partial charge in [0.2, 0.25) is 0 Å². The summed E-state index contributed by atoms with van der Waals surface area (Å²) in [5, 5.41) is 12.8. The van der Waals surface area contributed by atoms with E-state index in [1.54, 1.807) is 6.07 Å². The molecule has 1 fully saturated rings. The number of aliphatic hydroxyl groups is 1. The Morgan fingerprint density at radius 2 is 2.15 bits per heavy atom.